The normalized spacial score (nSPS) is 18.4. The second-order valence-corrected chi connectivity index (χ2v) is 7.42. The van der Waals surface area contributed by atoms with Crippen LogP contribution in [0.2, 0.25) is 0 Å². The fourth-order valence-electron chi connectivity index (χ4n) is 1.79. The monoisotopic (exact) mass is 300 g/mol. The second-order valence-electron chi connectivity index (χ2n) is 7.42. The van der Waals surface area contributed by atoms with Gasteiger partial charge in [-0.15, -0.1) is 5.06 Å². The SMILES string of the molecule is CC(C)(C)OC(=O)CN1CCN(OC(=O)C(C)(C)C)CC1. The summed E-state index contributed by atoms with van der Waals surface area (Å²) in [5.74, 6) is -0.453. The Kier molecular flexibility index (Phi) is 5.75. The molecule has 0 unspecified atom stereocenters. The molecule has 1 saturated heterocycles. The van der Waals surface area contributed by atoms with Crippen molar-refractivity contribution in [3.63, 3.8) is 0 Å². The molecule has 0 amide bonds. The number of hydroxylamine groups is 2. The molecule has 0 aromatic heterocycles. The number of carbonyl (C=O) groups is 2. The standard InChI is InChI=1S/C15H28N2O4/c1-14(2,3)13(19)21-17-9-7-16(8-10-17)11-12(18)20-15(4,5)6/h7-11H2,1-6H3. The van der Waals surface area contributed by atoms with E-state index in [1.165, 1.54) is 0 Å². The van der Waals surface area contributed by atoms with E-state index in [4.69, 9.17) is 9.57 Å². The van der Waals surface area contributed by atoms with Gasteiger partial charge in [0, 0.05) is 26.2 Å². The summed E-state index contributed by atoms with van der Waals surface area (Å²) < 4.78 is 5.30. The third-order valence-corrected chi connectivity index (χ3v) is 2.93. The summed E-state index contributed by atoms with van der Waals surface area (Å²) in [7, 11) is 0. The largest absolute Gasteiger partial charge is 0.459 e. The second kappa shape index (κ2) is 6.75. The molecule has 0 bridgehead atoms. The Morgan fingerprint density at radius 2 is 1.48 bits per heavy atom. The van der Waals surface area contributed by atoms with Gasteiger partial charge in [0.1, 0.15) is 5.60 Å². The first-order valence-electron chi connectivity index (χ1n) is 7.39. The lowest BCUT2D eigenvalue weighted by Gasteiger charge is -2.34. The van der Waals surface area contributed by atoms with Crippen LogP contribution < -0.4 is 0 Å². The predicted molar refractivity (Wildman–Crippen MR) is 79.4 cm³/mol. The number of nitrogens with zero attached hydrogens (tertiary/aromatic N) is 2. The number of esters is 1. The molecule has 0 atom stereocenters. The molecule has 0 aliphatic carbocycles. The van der Waals surface area contributed by atoms with E-state index in [1.54, 1.807) is 5.06 Å². The summed E-state index contributed by atoms with van der Waals surface area (Å²) in [6.07, 6.45) is 0. The molecule has 1 heterocycles. The smallest absolute Gasteiger partial charge is 0.330 e. The van der Waals surface area contributed by atoms with Gasteiger partial charge in [-0.2, -0.15) is 0 Å². The summed E-state index contributed by atoms with van der Waals surface area (Å²) in [5, 5.41) is 1.67. The maximum atomic E-state index is 11.8. The fourth-order valence-corrected chi connectivity index (χ4v) is 1.79. The van der Waals surface area contributed by atoms with Crippen LogP contribution in [0.3, 0.4) is 0 Å². The molecule has 1 rings (SSSR count). The number of hydrogen-bond donors (Lipinski definition) is 0. The quantitative estimate of drug-likeness (QED) is 0.735. The maximum absolute atomic E-state index is 11.8. The van der Waals surface area contributed by atoms with E-state index in [1.807, 2.05) is 46.4 Å². The van der Waals surface area contributed by atoms with Crippen LogP contribution in [0.4, 0.5) is 0 Å². The molecule has 0 spiro atoms. The summed E-state index contributed by atoms with van der Waals surface area (Å²) in [6.45, 7) is 13.9. The van der Waals surface area contributed by atoms with Crippen LogP contribution in [-0.2, 0) is 19.2 Å². The van der Waals surface area contributed by atoms with Gasteiger partial charge < -0.3 is 9.57 Å². The lowest BCUT2D eigenvalue weighted by Crippen LogP contribution is -2.49. The molecular weight excluding hydrogens is 272 g/mol. The Balaban J connectivity index is 2.33. The zero-order valence-electron chi connectivity index (χ0n) is 14.1. The first-order chi connectivity index (χ1) is 9.47. The van der Waals surface area contributed by atoms with Gasteiger partial charge in [-0.1, -0.05) is 0 Å². The van der Waals surface area contributed by atoms with Crippen molar-refractivity contribution >= 4 is 11.9 Å². The highest BCUT2D eigenvalue weighted by Gasteiger charge is 2.28. The van der Waals surface area contributed by atoms with Crippen LogP contribution in [-0.4, -0.2) is 60.2 Å². The van der Waals surface area contributed by atoms with E-state index in [2.05, 4.69) is 0 Å². The maximum Gasteiger partial charge on any atom is 0.330 e. The average molecular weight is 300 g/mol. The Hall–Kier alpha value is -1.14. The van der Waals surface area contributed by atoms with E-state index in [0.29, 0.717) is 26.2 Å². The molecule has 1 aliphatic heterocycles. The third kappa shape index (κ3) is 6.91. The van der Waals surface area contributed by atoms with Crippen LogP contribution in [0, 0.1) is 5.41 Å². The van der Waals surface area contributed by atoms with Crippen molar-refractivity contribution in [1.29, 1.82) is 0 Å². The summed E-state index contributed by atoms with van der Waals surface area (Å²) >= 11 is 0. The number of hydrogen-bond acceptors (Lipinski definition) is 6. The van der Waals surface area contributed by atoms with Crippen molar-refractivity contribution < 1.29 is 19.2 Å². The minimum absolute atomic E-state index is 0.220. The van der Waals surface area contributed by atoms with Crippen LogP contribution >= 0.6 is 0 Å². The van der Waals surface area contributed by atoms with Gasteiger partial charge in [0.05, 0.1) is 12.0 Å². The van der Waals surface area contributed by atoms with Crippen LogP contribution in [0.1, 0.15) is 41.5 Å². The van der Waals surface area contributed by atoms with Gasteiger partial charge in [0.25, 0.3) is 0 Å². The molecule has 1 fully saturated rings. The topological polar surface area (TPSA) is 59.1 Å². The Morgan fingerprint density at radius 3 is 1.90 bits per heavy atom. The van der Waals surface area contributed by atoms with Crippen LogP contribution in [0.25, 0.3) is 0 Å². The zero-order valence-corrected chi connectivity index (χ0v) is 14.1. The van der Waals surface area contributed by atoms with Crippen LogP contribution in [0.5, 0.6) is 0 Å². The van der Waals surface area contributed by atoms with Gasteiger partial charge in [-0.05, 0) is 41.5 Å². The van der Waals surface area contributed by atoms with E-state index < -0.39 is 11.0 Å². The minimum Gasteiger partial charge on any atom is -0.459 e. The van der Waals surface area contributed by atoms with Gasteiger partial charge in [0.15, 0.2) is 0 Å². The van der Waals surface area contributed by atoms with Crippen LogP contribution in [0.15, 0.2) is 0 Å². The van der Waals surface area contributed by atoms with E-state index >= 15 is 0 Å². The van der Waals surface area contributed by atoms with Crippen molar-refractivity contribution in [1.82, 2.24) is 9.96 Å². The molecule has 0 aromatic carbocycles. The molecule has 6 nitrogen and oxygen atoms in total. The lowest BCUT2D eigenvalue weighted by molar-refractivity contribution is -0.207. The van der Waals surface area contributed by atoms with E-state index in [-0.39, 0.29) is 18.5 Å². The first-order valence-corrected chi connectivity index (χ1v) is 7.39. The van der Waals surface area contributed by atoms with Crippen molar-refractivity contribution in [2.75, 3.05) is 32.7 Å². The fraction of sp³-hybridized carbons (Fsp3) is 0.867. The van der Waals surface area contributed by atoms with Gasteiger partial charge in [-0.3, -0.25) is 9.69 Å². The highest BCUT2D eigenvalue weighted by molar-refractivity contribution is 5.75. The van der Waals surface area contributed by atoms with E-state index in [0.717, 1.165) is 0 Å². The number of carbonyl (C=O) groups excluding carboxylic acids is 2. The van der Waals surface area contributed by atoms with Crippen molar-refractivity contribution in [2.24, 2.45) is 5.41 Å². The van der Waals surface area contributed by atoms with Gasteiger partial charge in [0.2, 0.25) is 0 Å². The van der Waals surface area contributed by atoms with Gasteiger partial charge >= 0.3 is 11.9 Å². The summed E-state index contributed by atoms with van der Waals surface area (Å²) in [5.41, 5.74) is -0.963. The molecule has 6 heteroatoms. The molecular formula is C15H28N2O4. The van der Waals surface area contributed by atoms with E-state index in [9.17, 15) is 9.59 Å². The molecule has 0 N–H and O–H groups in total. The van der Waals surface area contributed by atoms with Crippen molar-refractivity contribution in [3.8, 4) is 0 Å². The number of rotatable bonds is 3. The summed E-state index contributed by atoms with van der Waals surface area (Å²) in [4.78, 5) is 30.9. The molecule has 0 aromatic rings. The zero-order chi connectivity index (χ0) is 16.3. The molecule has 21 heavy (non-hydrogen) atoms. The predicted octanol–water partition coefficient (Wildman–Crippen LogP) is 1.45. The van der Waals surface area contributed by atoms with Gasteiger partial charge in [-0.25, -0.2) is 4.79 Å². The highest BCUT2D eigenvalue weighted by Crippen LogP contribution is 2.17. The third-order valence-electron chi connectivity index (χ3n) is 2.93. The molecule has 122 valence electrons. The Morgan fingerprint density at radius 1 is 0.952 bits per heavy atom. The molecule has 1 aliphatic rings. The summed E-state index contributed by atoms with van der Waals surface area (Å²) in [6, 6.07) is 0. The molecule has 0 radical (unpaired) electrons. The number of ether oxygens (including phenoxy) is 1. The number of piperazine rings is 1. The Labute approximate surface area is 127 Å². The average Bonchev–Trinajstić information content (AvgIpc) is 2.27. The first kappa shape index (κ1) is 17.9. The lowest BCUT2D eigenvalue weighted by atomic mass is 9.98. The Bertz CT molecular complexity index is 374. The molecule has 0 saturated carbocycles. The minimum atomic E-state index is -0.506. The highest BCUT2D eigenvalue weighted by atomic mass is 16.7. The van der Waals surface area contributed by atoms with Crippen molar-refractivity contribution in [3.05, 3.63) is 0 Å². The van der Waals surface area contributed by atoms with Crippen molar-refractivity contribution in [2.45, 2.75) is 47.1 Å².